The van der Waals surface area contributed by atoms with E-state index in [-0.39, 0.29) is 24.6 Å². The lowest BCUT2D eigenvalue weighted by molar-refractivity contribution is 0.182. The van der Waals surface area contributed by atoms with E-state index in [1.54, 1.807) is 6.92 Å². The van der Waals surface area contributed by atoms with Crippen molar-refractivity contribution in [1.29, 1.82) is 5.26 Å². The maximum absolute atomic E-state index is 12.3. The van der Waals surface area contributed by atoms with Gasteiger partial charge in [-0.15, -0.1) is 0 Å². The lowest BCUT2D eigenvalue weighted by Gasteiger charge is -2.13. The molecule has 0 saturated carbocycles. The average Bonchev–Trinajstić information content (AvgIpc) is 2.57. The van der Waals surface area contributed by atoms with E-state index in [1.807, 2.05) is 37.3 Å². The van der Waals surface area contributed by atoms with Gasteiger partial charge in [-0.2, -0.15) is 5.26 Å². The predicted octanol–water partition coefficient (Wildman–Crippen LogP) is 2.44. The molecule has 0 bridgehead atoms. The van der Waals surface area contributed by atoms with Crippen LogP contribution in [-0.2, 0) is 11.3 Å². The number of aromatic hydroxyl groups is 1. The summed E-state index contributed by atoms with van der Waals surface area (Å²) >= 11 is 0. The summed E-state index contributed by atoms with van der Waals surface area (Å²) in [7, 11) is 1.50. The highest BCUT2D eigenvalue weighted by Crippen LogP contribution is 2.21. The molecule has 1 heterocycles. The Hall–Kier alpha value is -2.91. The molecule has 24 heavy (non-hydrogen) atoms. The van der Waals surface area contributed by atoms with Gasteiger partial charge >= 0.3 is 0 Å². The van der Waals surface area contributed by atoms with Gasteiger partial charge in [-0.1, -0.05) is 17.7 Å². The maximum Gasteiger partial charge on any atom is 0.271 e. The highest BCUT2D eigenvalue weighted by Gasteiger charge is 2.17. The van der Waals surface area contributed by atoms with Crippen molar-refractivity contribution in [3.63, 3.8) is 0 Å². The SMILES string of the molecule is COCCn1c(O)c(C=Nc2ccc(C)cc2)c(C)c(C#N)c1=O. The first-order valence-corrected chi connectivity index (χ1v) is 7.45. The molecule has 0 radical (unpaired) electrons. The Labute approximate surface area is 140 Å². The third kappa shape index (κ3) is 3.53. The molecule has 0 atom stereocenters. The van der Waals surface area contributed by atoms with Crippen molar-refractivity contribution in [2.75, 3.05) is 13.7 Å². The summed E-state index contributed by atoms with van der Waals surface area (Å²) in [5.74, 6) is -0.218. The average molecular weight is 325 g/mol. The summed E-state index contributed by atoms with van der Waals surface area (Å²) in [5.41, 5.74) is 2.05. The second-order valence-electron chi connectivity index (χ2n) is 5.39. The van der Waals surface area contributed by atoms with Crippen LogP contribution in [0.3, 0.4) is 0 Å². The summed E-state index contributed by atoms with van der Waals surface area (Å²) in [6.07, 6.45) is 1.47. The van der Waals surface area contributed by atoms with Crippen LogP contribution < -0.4 is 5.56 Å². The van der Waals surface area contributed by atoms with E-state index in [0.717, 1.165) is 10.1 Å². The minimum atomic E-state index is -0.531. The van der Waals surface area contributed by atoms with Gasteiger partial charge in [-0.3, -0.25) is 14.4 Å². The van der Waals surface area contributed by atoms with Crippen LogP contribution in [0.2, 0.25) is 0 Å². The van der Waals surface area contributed by atoms with Gasteiger partial charge in [0.05, 0.1) is 24.4 Å². The van der Waals surface area contributed by atoms with Crippen LogP contribution in [0.15, 0.2) is 34.1 Å². The fraction of sp³-hybridized carbons (Fsp3) is 0.278. The zero-order valence-corrected chi connectivity index (χ0v) is 13.9. The number of methoxy groups -OCH3 is 1. The molecule has 2 aromatic rings. The number of nitriles is 1. The van der Waals surface area contributed by atoms with E-state index >= 15 is 0 Å². The molecule has 0 fully saturated rings. The standard InChI is InChI=1S/C18H19N3O3/c1-12-4-6-14(7-5-12)20-11-16-13(2)15(10-19)17(22)21(18(16)23)8-9-24-3/h4-7,11,23H,8-9H2,1-3H3. The minimum Gasteiger partial charge on any atom is -0.494 e. The number of pyridine rings is 1. The Bertz CT molecular complexity index is 859. The van der Waals surface area contributed by atoms with Gasteiger partial charge in [-0.25, -0.2) is 0 Å². The van der Waals surface area contributed by atoms with Crippen molar-refractivity contribution in [3.05, 3.63) is 56.9 Å². The van der Waals surface area contributed by atoms with E-state index in [2.05, 4.69) is 4.99 Å². The first-order valence-electron chi connectivity index (χ1n) is 7.45. The van der Waals surface area contributed by atoms with Crippen molar-refractivity contribution >= 4 is 11.9 Å². The van der Waals surface area contributed by atoms with Gasteiger partial charge < -0.3 is 9.84 Å². The minimum absolute atomic E-state index is 0.00532. The Morgan fingerprint density at radius 2 is 2.00 bits per heavy atom. The van der Waals surface area contributed by atoms with E-state index in [4.69, 9.17) is 4.74 Å². The number of nitrogens with zero attached hydrogens (tertiary/aromatic N) is 3. The molecule has 2 rings (SSSR count). The third-order valence-electron chi connectivity index (χ3n) is 3.74. The van der Waals surface area contributed by atoms with Gasteiger partial charge in [0, 0.05) is 13.3 Å². The van der Waals surface area contributed by atoms with E-state index < -0.39 is 5.56 Å². The topological polar surface area (TPSA) is 87.6 Å². The fourth-order valence-electron chi connectivity index (χ4n) is 2.29. The zero-order valence-electron chi connectivity index (χ0n) is 13.9. The number of rotatable bonds is 5. The van der Waals surface area contributed by atoms with Gasteiger partial charge in [-0.05, 0) is 31.5 Å². The molecule has 0 saturated heterocycles. The Morgan fingerprint density at radius 1 is 1.33 bits per heavy atom. The molecular formula is C18H19N3O3. The molecule has 0 aliphatic heterocycles. The lowest BCUT2D eigenvalue weighted by atomic mass is 10.1. The van der Waals surface area contributed by atoms with Crippen LogP contribution >= 0.6 is 0 Å². The van der Waals surface area contributed by atoms with Crippen molar-refractivity contribution in [2.45, 2.75) is 20.4 Å². The van der Waals surface area contributed by atoms with Gasteiger partial charge in [0.2, 0.25) is 5.88 Å². The monoisotopic (exact) mass is 325 g/mol. The molecule has 1 aromatic heterocycles. The second kappa shape index (κ2) is 7.57. The van der Waals surface area contributed by atoms with Gasteiger partial charge in [0.15, 0.2) is 0 Å². The predicted molar refractivity (Wildman–Crippen MR) is 92.1 cm³/mol. The van der Waals surface area contributed by atoms with Crippen molar-refractivity contribution in [1.82, 2.24) is 4.57 Å². The van der Waals surface area contributed by atoms with Crippen molar-refractivity contribution < 1.29 is 9.84 Å². The molecule has 1 aromatic carbocycles. The largest absolute Gasteiger partial charge is 0.494 e. The number of aliphatic imine (C=N–C) groups is 1. The number of ether oxygens (including phenoxy) is 1. The Balaban J connectivity index is 2.54. The quantitative estimate of drug-likeness (QED) is 0.855. The first kappa shape index (κ1) is 17.4. The molecule has 6 nitrogen and oxygen atoms in total. The number of hydrogen-bond donors (Lipinski definition) is 1. The summed E-state index contributed by atoms with van der Waals surface area (Å²) in [4.78, 5) is 16.6. The highest BCUT2D eigenvalue weighted by molar-refractivity contribution is 5.87. The number of benzene rings is 1. The summed E-state index contributed by atoms with van der Waals surface area (Å²) < 4.78 is 6.08. The lowest BCUT2D eigenvalue weighted by Crippen LogP contribution is -2.26. The number of hydrogen-bond acceptors (Lipinski definition) is 5. The van der Waals surface area contributed by atoms with Gasteiger partial charge in [0.25, 0.3) is 5.56 Å². The molecule has 6 heteroatoms. The van der Waals surface area contributed by atoms with Gasteiger partial charge in [0.1, 0.15) is 11.6 Å². The van der Waals surface area contributed by atoms with Crippen LogP contribution in [0.5, 0.6) is 5.88 Å². The van der Waals surface area contributed by atoms with Crippen LogP contribution in [0.1, 0.15) is 22.3 Å². The highest BCUT2D eigenvalue weighted by atomic mass is 16.5. The molecule has 0 aliphatic carbocycles. The zero-order chi connectivity index (χ0) is 17.7. The molecule has 1 N–H and O–H groups in total. The Morgan fingerprint density at radius 3 is 2.58 bits per heavy atom. The van der Waals surface area contributed by atoms with Crippen molar-refractivity contribution in [3.8, 4) is 11.9 Å². The van der Waals surface area contributed by atoms with E-state index in [9.17, 15) is 15.2 Å². The smallest absolute Gasteiger partial charge is 0.271 e. The number of aromatic nitrogens is 1. The maximum atomic E-state index is 12.3. The molecule has 0 spiro atoms. The summed E-state index contributed by atoms with van der Waals surface area (Å²) in [6.45, 7) is 4.00. The molecule has 124 valence electrons. The van der Waals surface area contributed by atoms with E-state index in [0.29, 0.717) is 16.8 Å². The summed E-state index contributed by atoms with van der Waals surface area (Å²) in [6, 6.07) is 9.47. The van der Waals surface area contributed by atoms with Crippen LogP contribution in [0.4, 0.5) is 5.69 Å². The fourth-order valence-corrected chi connectivity index (χ4v) is 2.29. The summed E-state index contributed by atoms with van der Waals surface area (Å²) in [5, 5.41) is 19.7. The normalized spacial score (nSPS) is 10.9. The Kier molecular flexibility index (Phi) is 5.51. The third-order valence-corrected chi connectivity index (χ3v) is 3.74. The first-order chi connectivity index (χ1) is 11.5. The number of aryl methyl sites for hydroxylation is 1. The van der Waals surface area contributed by atoms with Crippen LogP contribution in [0, 0.1) is 25.2 Å². The molecule has 0 amide bonds. The molecule has 0 aliphatic rings. The van der Waals surface area contributed by atoms with E-state index in [1.165, 1.54) is 13.3 Å². The molecular weight excluding hydrogens is 306 g/mol. The van der Waals surface area contributed by atoms with Crippen LogP contribution in [-0.4, -0.2) is 29.6 Å². The van der Waals surface area contributed by atoms with Crippen molar-refractivity contribution in [2.24, 2.45) is 4.99 Å². The second-order valence-corrected chi connectivity index (χ2v) is 5.39. The van der Waals surface area contributed by atoms with Crippen LogP contribution in [0.25, 0.3) is 0 Å². The molecule has 0 unspecified atom stereocenters.